The summed E-state index contributed by atoms with van der Waals surface area (Å²) in [6.45, 7) is 1.99. The standard InChI is InChI=1S/C22H20N6O/c1-14-7-8-16(22(29)24-17-9-10-17)13-18(14)25-19-21-27-26-20(28(21)12-11-23-19)15-5-3-2-4-6-15/h2-8,11-13,17H,9-10H2,1H3,(H,23,25)(H,24,29). The average Bonchev–Trinajstić information content (AvgIpc) is 3.45. The highest BCUT2D eigenvalue weighted by Crippen LogP contribution is 2.26. The summed E-state index contributed by atoms with van der Waals surface area (Å²) < 4.78 is 1.91. The predicted molar refractivity (Wildman–Crippen MR) is 111 cm³/mol. The third kappa shape index (κ3) is 3.42. The van der Waals surface area contributed by atoms with Crippen LogP contribution in [0.3, 0.4) is 0 Å². The molecular weight excluding hydrogens is 364 g/mol. The van der Waals surface area contributed by atoms with Crippen LogP contribution < -0.4 is 10.6 Å². The van der Waals surface area contributed by atoms with Gasteiger partial charge in [0.25, 0.3) is 5.91 Å². The summed E-state index contributed by atoms with van der Waals surface area (Å²) in [6.07, 6.45) is 5.68. The summed E-state index contributed by atoms with van der Waals surface area (Å²) in [5.74, 6) is 1.29. The Bertz CT molecular complexity index is 1200. The fourth-order valence-electron chi connectivity index (χ4n) is 3.22. The van der Waals surface area contributed by atoms with Gasteiger partial charge in [0.2, 0.25) is 5.65 Å². The summed E-state index contributed by atoms with van der Waals surface area (Å²) in [7, 11) is 0. The van der Waals surface area contributed by atoms with Crippen molar-refractivity contribution in [1.82, 2.24) is 24.9 Å². The van der Waals surface area contributed by atoms with Crippen LogP contribution in [0, 0.1) is 6.92 Å². The number of nitrogens with zero attached hydrogens (tertiary/aromatic N) is 4. The van der Waals surface area contributed by atoms with E-state index in [1.807, 2.05) is 66.1 Å². The van der Waals surface area contributed by atoms with Crippen LogP contribution >= 0.6 is 0 Å². The Kier molecular flexibility index (Phi) is 4.20. The minimum absolute atomic E-state index is 0.0458. The van der Waals surface area contributed by atoms with Crippen LogP contribution in [-0.2, 0) is 0 Å². The lowest BCUT2D eigenvalue weighted by Crippen LogP contribution is -2.25. The highest BCUT2D eigenvalue weighted by Gasteiger charge is 2.24. The molecule has 1 aliphatic rings. The first-order chi connectivity index (χ1) is 14.2. The lowest BCUT2D eigenvalue weighted by Gasteiger charge is -2.12. The van der Waals surface area contributed by atoms with Gasteiger partial charge in [0.05, 0.1) is 0 Å². The highest BCUT2D eigenvalue weighted by atomic mass is 16.1. The van der Waals surface area contributed by atoms with Crippen molar-refractivity contribution in [3.05, 3.63) is 72.1 Å². The first-order valence-corrected chi connectivity index (χ1v) is 9.63. The number of rotatable bonds is 5. The van der Waals surface area contributed by atoms with Gasteiger partial charge in [0.1, 0.15) is 0 Å². The maximum Gasteiger partial charge on any atom is 0.251 e. The number of nitrogens with one attached hydrogen (secondary N) is 2. The average molecular weight is 384 g/mol. The van der Waals surface area contributed by atoms with Crippen molar-refractivity contribution in [2.75, 3.05) is 5.32 Å². The van der Waals surface area contributed by atoms with Gasteiger partial charge in [-0.25, -0.2) is 4.98 Å². The van der Waals surface area contributed by atoms with Crippen LogP contribution in [-0.4, -0.2) is 31.5 Å². The molecular formula is C22H20N6O. The molecule has 0 atom stereocenters. The van der Waals surface area contributed by atoms with Crippen LogP contribution in [0.1, 0.15) is 28.8 Å². The van der Waals surface area contributed by atoms with Crippen molar-refractivity contribution in [3.8, 4) is 11.4 Å². The summed E-state index contributed by atoms with van der Waals surface area (Å²) in [4.78, 5) is 16.9. The molecule has 2 N–H and O–H groups in total. The Labute approximate surface area is 167 Å². The zero-order valence-electron chi connectivity index (χ0n) is 16.0. The molecule has 144 valence electrons. The van der Waals surface area contributed by atoms with Gasteiger partial charge in [-0.1, -0.05) is 36.4 Å². The van der Waals surface area contributed by atoms with E-state index in [-0.39, 0.29) is 5.91 Å². The van der Waals surface area contributed by atoms with Crippen LogP contribution in [0.25, 0.3) is 17.0 Å². The van der Waals surface area contributed by atoms with E-state index in [4.69, 9.17) is 0 Å². The second kappa shape index (κ2) is 7.01. The van der Waals surface area contributed by atoms with Crippen LogP contribution in [0.15, 0.2) is 60.9 Å². The van der Waals surface area contributed by atoms with E-state index in [1.54, 1.807) is 6.20 Å². The van der Waals surface area contributed by atoms with E-state index in [2.05, 4.69) is 25.8 Å². The monoisotopic (exact) mass is 384 g/mol. The Morgan fingerprint density at radius 1 is 1.10 bits per heavy atom. The molecule has 2 aromatic heterocycles. The Morgan fingerprint density at radius 3 is 2.72 bits per heavy atom. The molecule has 1 amide bonds. The fraction of sp³-hybridized carbons (Fsp3) is 0.182. The summed E-state index contributed by atoms with van der Waals surface area (Å²) >= 11 is 0. The molecule has 2 aromatic carbocycles. The topological polar surface area (TPSA) is 84.2 Å². The molecule has 7 nitrogen and oxygen atoms in total. The number of aryl methyl sites for hydroxylation is 1. The zero-order chi connectivity index (χ0) is 19.8. The molecule has 1 saturated carbocycles. The van der Waals surface area contributed by atoms with Crippen molar-refractivity contribution >= 4 is 23.1 Å². The predicted octanol–water partition coefficient (Wildman–Crippen LogP) is 3.74. The number of benzene rings is 2. The van der Waals surface area contributed by atoms with E-state index in [0.29, 0.717) is 23.1 Å². The molecule has 2 heterocycles. The van der Waals surface area contributed by atoms with E-state index in [9.17, 15) is 4.79 Å². The molecule has 0 spiro atoms. The normalized spacial score (nSPS) is 13.4. The number of fused-ring (bicyclic) bond motifs is 1. The van der Waals surface area contributed by atoms with E-state index >= 15 is 0 Å². The smallest absolute Gasteiger partial charge is 0.251 e. The van der Waals surface area contributed by atoms with E-state index in [0.717, 1.165) is 35.5 Å². The molecule has 0 bridgehead atoms. The molecule has 1 fully saturated rings. The molecule has 29 heavy (non-hydrogen) atoms. The SMILES string of the molecule is Cc1ccc(C(=O)NC2CC2)cc1Nc1nccn2c(-c3ccccc3)nnc12. The Morgan fingerprint density at radius 2 is 1.93 bits per heavy atom. The number of amides is 1. The lowest BCUT2D eigenvalue weighted by molar-refractivity contribution is 0.0951. The van der Waals surface area contributed by atoms with Gasteiger partial charge in [-0.05, 0) is 37.5 Å². The number of hydrogen-bond acceptors (Lipinski definition) is 5. The van der Waals surface area contributed by atoms with Crippen molar-refractivity contribution in [3.63, 3.8) is 0 Å². The first kappa shape index (κ1) is 17.4. The van der Waals surface area contributed by atoms with Gasteiger partial charge in [0.15, 0.2) is 11.6 Å². The van der Waals surface area contributed by atoms with Crippen LogP contribution in [0.4, 0.5) is 11.5 Å². The van der Waals surface area contributed by atoms with Crippen molar-refractivity contribution in [1.29, 1.82) is 0 Å². The van der Waals surface area contributed by atoms with Gasteiger partial charge in [-0.2, -0.15) is 0 Å². The Hall–Kier alpha value is -3.74. The summed E-state index contributed by atoms with van der Waals surface area (Å²) in [5.41, 5.74) is 4.06. The van der Waals surface area contributed by atoms with Crippen molar-refractivity contribution < 1.29 is 4.79 Å². The van der Waals surface area contributed by atoms with Crippen LogP contribution in [0.5, 0.6) is 0 Å². The molecule has 7 heteroatoms. The van der Waals surface area contributed by atoms with Gasteiger partial charge in [-0.15, -0.1) is 10.2 Å². The maximum atomic E-state index is 12.4. The Balaban J connectivity index is 1.49. The molecule has 0 saturated heterocycles. The van der Waals surface area contributed by atoms with Gasteiger partial charge in [-0.3, -0.25) is 9.20 Å². The number of hydrogen-bond donors (Lipinski definition) is 2. The van der Waals surface area contributed by atoms with Gasteiger partial charge >= 0.3 is 0 Å². The van der Waals surface area contributed by atoms with Crippen molar-refractivity contribution in [2.45, 2.75) is 25.8 Å². The minimum Gasteiger partial charge on any atom is -0.349 e. The quantitative estimate of drug-likeness (QED) is 0.548. The lowest BCUT2D eigenvalue weighted by atomic mass is 10.1. The minimum atomic E-state index is -0.0458. The van der Waals surface area contributed by atoms with Gasteiger partial charge < -0.3 is 10.6 Å². The number of carbonyl (C=O) groups excluding carboxylic acids is 1. The molecule has 0 aliphatic heterocycles. The third-order valence-corrected chi connectivity index (χ3v) is 5.02. The number of carbonyl (C=O) groups is 1. The number of anilines is 2. The number of aromatic nitrogens is 4. The van der Waals surface area contributed by atoms with Crippen LogP contribution in [0.2, 0.25) is 0 Å². The highest BCUT2D eigenvalue weighted by molar-refractivity contribution is 5.96. The maximum absolute atomic E-state index is 12.4. The first-order valence-electron chi connectivity index (χ1n) is 9.63. The summed E-state index contributed by atoms with van der Waals surface area (Å²) in [6, 6.07) is 15.9. The zero-order valence-corrected chi connectivity index (χ0v) is 16.0. The van der Waals surface area contributed by atoms with E-state index in [1.165, 1.54) is 0 Å². The molecule has 4 aromatic rings. The second-order valence-corrected chi connectivity index (χ2v) is 7.26. The third-order valence-electron chi connectivity index (χ3n) is 5.02. The second-order valence-electron chi connectivity index (χ2n) is 7.26. The van der Waals surface area contributed by atoms with E-state index < -0.39 is 0 Å². The molecule has 0 unspecified atom stereocenters. The molecule has 1 aliphatic carbocycles. The van der Waals surface area contributed by atoms with Gasteiger partial charge in [0, 0.05) is 35.2 Å². The molecule has 0 radical (unpaired) electrons. The fourth-order valence-corrected chi connectivity index (χ4v) is 3.22. The van der Waals surface area contributed by atoms with Crippen molar-refractivity contribution in [2.24, 2.45) is 0 Å². The molecule has 5 rings (SSSR count). The summed E-state index contributed by atoms with van der Waals surface area (Å²) in [5, 5.41) is 15.0. The largest absolute Gasteiger partial charge is 0.349 e.